The van der Waals surface area contributed by atoms with Gasteiger partial charge in [0.2, 0.25) is 0 Å². The van der Waals surface area contributed by atoms with Gasteiger partial charge < -0.3 is 14.6 Å². The van der Waals surface area contributed by atoms with E-state index in [0.717, 1.165) is 28.4 Å². The van der Waals surface area contributed by atoms with Crippen molar-refractivity contribution in [2.45, 2.75) is 13.3 Å². The zero-order valence-electron chi connectivity index (χ0n) is 21.3. The molecule has 0 bridgehead atoms. The van der Waals surface area contributed by atoms with E-state index < -0.39 is 11.8 Å². The Morgan fingerprint density at radius 2 is 1.66 bits per heavy atom. The van der Waals surface area contributed by atoms with E-state index in [9.17, 15) is 4.79 Å². The first kappa shape index (κ1) is 24.8. The van der Waals surface area contributed by atoms with E-state index >= 15 is 4.39 Å². The summed E-state index contributed by atoms with van der Waals surface area (Å²) in [6.07, 6.45) is 2.19. The Kier molecular flexibility index (Phi) is 6.95. The zero-order chi connectivity index (χ0) is 26.6. The molecule has 0 aliphatic rings. The number of carbonyl (C=O) groups excluding carboxylic acids is 1. The van der Waals surface area contributed by atoms with Crippen LogP contribution in [-0.4, -0.2) is 33.3 Å². The third-order valence-corrected chi connectivity index (χ3v) is 6.23. The van der Waals surface area contributed by atoms with E-state index in [1.54, 1.807) is 18.5 Å². The van der Waals surface area contributed by atoms with Crippen LogP contribution in [0.1, 0.15) is 34.0 Å². The number of ether oxygens (including phenoxy) is 1. The molecule has 0 saturated carbocycles. The van der Waals surface area contributed by atoms with E-state index in [2.05, 4.69) is 10.3 Å². The van der Waals surface area contributed by atoms with Gasteiger partial charge in [0.15, 0.2) is 5.82 Å². The summed E-state index contributed by atoms with van der Waals surface area (Å²) in [5.74, 6) is -0.362. The van der Waals surface area contributed by atoms with Crippen LogP contribution in [0.2, 0.25) is 0 Å². The topological polar surface area (TPSA) is 81.4 Å². The summed E-state index contributed by atoms with van der Waals surface area (Å²) in [6, 6.07) is 24.3. The normalized spacial score (nSPS) is 10.8. The van der Waals surface area contributed by atoms with Gasteiger partial charge in [-0.15, -0.1) is 0 Å². The average Bonchev–Trinajstić information content (AvgIpc) is 3.33. The number of aromatic nitrogens is 3. The summed E-state index contributed by atoms with van der Waals surface area (Å²) >= 11 is 0. The average molecular weight is 508 g/mol. The second-order valence-electron chi connectivity index (χ2n) is 8.71. The predicted molar refractivity (Wildman–Crippen MR) is 147 cm³/mol. The molecule has 0 radical (unpaired) electrons. The second kappa shape index (κ2) is 10.6. The third-order valence-electron chi connectivity index (χ3n) is 6.23. The molecule has 0 spiro atoms. The van der Waals surface area contributed by atoms with Crippen LogP contribution in [0, 0.1) is 5.82 Å². The van der Waals surface area contributed by atoms with Crippen molar-refractivity contribution in [2.75, 3.05) is 12.4 Å². The fourth-order valence-corrected chi connectivity index (χ4v) is 4.29. The van der Waals surface area contributed by atoms with Crippen LogP contribution < -0.4 is 5.32 Å². The molecule has 5 rings (SSSR count). The number of rotatable bonds is 7. The highest BCUT2D eigenvalue weighted by molar-refractivity contribution is 6.14. The number of aryl methyl sites for hydroxylation is 2. The number of halogens is 1. The first-order valence-electron chi connectivity index (χ1n) is 12.2. The maximum Gasteiger partial charge on any atom is 0.337 e. The summed E-state index contributed by atoms with van der Waals surface area (Å²) in [7, 11) is 3.15. The number of fused-ring (bicyclic) bond motifs is 1. The Balaban J connectivity index is 1.66. The Hall–Kier alpha value is -4.85. The van der Waals surface area contributed by atoms with E-state index in [1.165, 1.54) is 7.11 Å². The van der Waals surface area contributed by atoms with E-state index in [1.807, 2.05) is 79.2 Å². The van der Waals surface area contributed by atoms with Crippen molar-refractivity contribution in [1.82, 2.24) is 14.5 Å². The molecule has 5 aromatic rings. The highest BCUT2D eigenvalue weighted by Crippen LogP contribution is 2.31. The largest absolute Gasteiger partial charge is 0.465 e. The molecule has 0 amide bonds. The van der Waals surface area contributed by atoms with Crippen LogP contribution in [-0.2, 0) is 18.2 Å². The second-order valence-corrected chi connectivity index (χ2v) is 8.71. The minimum absolute atomic E-state index is 0.156. The standard InChI is InChI=1S/C30H26FN5O2/c1-4-19-15-22(30(37)38-3)16-23(31)27(19)33-25-17-24-28(32-18-36(24)2)29(34-25)35-26(20-11-7-5-8-12-20)21-13-9-6-10-14-21/h5-18H,4H2,1-3H3,(H,33,34). The van der Waals surface area contributed by atoms with Gasteiger partial charge in [0, 0.05) is 24.2 Å². The molecule has 38 heavy (non-hydrogen) atoms. The molecule has 0 aliphatic carbocycles. The van der Waals surface area contributed by atoms with E-state index in [0.29, 0.717) is 29.1 Å². The molecule has 0 saturated heterocycles. The highest BCUT2D eigenvalue weighted by atomic mass is 19.1. The van der Waals surface area contributed by atoms with Gasteiger partial charge in [0.25, 0.3) is 0 Å². The summed E-state index contributed by atoms with van der Waals surface area (Å²) in [5.41, 5.74) is 5.04. The minimum atomic E-state index is -0.592. The van der Waals surface area contributed by atoms with E-state index in [4.69, 9.17) is 14.7 Å². The fraction of sp³-hybridized carbons (Fsp3) is 0.133. The lowest BCUT2D eigenvalue weighted by Crippen LogP contribution is -2.07. The number of esters is 1. The molecule has 2 aromatic heterocycles. The monoisotopic (exact) mass is 507 g/mol. The molecule has 7 nitrogen and oxygen atoms in total. The Morgan fingerprint density at radius 1 is 1.00 bits per heavy atom. The molecule has 1 N–H and O–H groups in total. The van der Waals surface area contributed by atoms with Crippen molar-refractivity contribution in [3.8, 4) is 0 Å². The Labute approximate surface area is 219 Å². The quantitative estimate of drug-likeness (QED) is 0.205. The SMILES string of the molecule is CCc1cc(C(=O)OC)cc(F)c1Nc1cc2c(ncn2C)c(N=C(c2ccccc2)c2ccccc2)n1. The molecular formula is C30H26FN5O2. The van der Waals surface area contributed by atoms with Gasteiger partial charge in [0.05, 0.1) is 35.9 Å². The molecule has 8 heteroatoms. The smallest absolute Gasteiger partial charge is 0.337 e. The van der Waals surface area contributed by atoms with Crippen LogP contribution in [0.4, 0.5) is 21.7 Å². The van der Waals surface area contributed by atoms with Gasteiger partial charge in [-0.05, 0) is 24.1 Å². The van der Waals surface area contributed by atoms with Crippen LogP contribution in [0.25, 0.3) is 11.0 Å². The number of hydrogen-bond acceptors (Lipinski definition) is 6. The van der Waals surface area contributed by atoms with Gasteiger partial charge in [-0.3, -0.25) is 0 Å². The Morgan fingerprint density at radius 3 is 2.26 bits per heavy atom. The minimum Gasteiger partial charge on any atom is -0.465 e. The fourth-order valence-electron chi connectivity index (χ4n) is 4.29. The van der Waals surface area contributed by atoms with Gasteiger partial charge >= 0.3 is 5.97 Å². The Bertz CT molecular complexity index is 1600. The molecule has 0 fully saturated rings. The highest BCUT2D eigenvalue weighted by Gasteiger charge is 2.18. The third kappa shape index (κ3) is 4.88. The van der Waals surface area contributed by atoms with Crippen molar-refractivity contribution in [3.05, 3.63) is 113 Å². The van der Waals surface area contributed by atoms with Gasteiger partial charge in [-0.2, -0.15) is 0 Å². The molecular weight excluding hydrogens is 481 g/mol. The van der Waals surface area contributed by atoms with Crippen molar-refractivity contribution in [1.29, 1.82) is 0 Å². The zero-order valence-corrected chi connectivity index (χ0v) is 21.3. The van der Waals surface area contributed by atoms with Crippen LogP contribution >= 0.6 is 0 Å². The number of pyridine rings is 1. The van der Waals surface area contributed by atoms with Crippen molar-refractivity contribution >= 4 is 40.0 Å². The molecule has 0 atom stereocenters. The lowest BCUT2D eigenvalue weighted by atomic mass is 10.0. The number of imidazole rings is 1. The molecule has 0 unspecified atom stereocenters. The number of aliphatic imine (C=N–C) groups is 1. The number of hydrogen-bond donors (Lipinski definition) is 1. The number of benzene rings is 3. The molecule has 0 aliphatic heterocycles. The van der Waals surface area contributed by atoms with Crippen LogP contribution in [0.5, 0.6) is 0 Å². The number of carbonyl (C=O) groups is 1. The summed E-state index contributed by atoms with van der Waals surface area (Å²) in [6.45, 7) is 1.89. The van der Waals surface area contributed by atoms with E-state index in [-0.39, 0.29) is 11.3 Å². The maximum absolute atomic E-state index is 15.2. The van der Waals surface area contributed by atoms with Crippen LogP contribution in [0.15, 0.2) is 90.2 Å². The lowest BCUT2D eigenvalue weighted by molar-refractivity contribution is 0.0600. The van der Waals surface area contributed by atoms with Crippen LogP contribution in [0.3, 0.4) is 0 Å². The van der Waals surface area contributed by atoms with Gasteiger partial charge in [0.1, 0.15) is 17.2 Å². The molecule has 3 aromatic carbocycles. The first-order valence-corrected chi connectivity index (χ1v) is 12.2. The summed E-state index contributed by atoms with van der Waals surface area (Å²) in [5, 5.41) is 3.13. The number of methoxy groups -OCH3 is 1. The lowest BCUT2D eigenvalue weighted by Gasteiger charge is -2.14. The van der Waals surface area contributed by atoms with Gasteiger partial charge in [-0.25, -0.2) is 24.1 Å². The molecule has 2 heterocycles. The summed E-state index contributed by atoms with van der Waals surface area (Å²) < 4.78 is 21.9. The first-order chi connectivity index (χ1) is 18.5. The number of anilines is 2. The van der Waals surface area contributed by atoms with Crippen molar-refractivity contribution in [2.24, 2.45) is 12.0 Å². The maximum atomic E-state index is 15.2. The van der Waals surface area contributed by atoms with Gasteiger partial charge in [-0.1, -0.05) is 67.6 Å². The number of nitrogens with zero attached hydrogens (tertiary/aromatic N) is 4. The molecule has 190 valence electrons. The van der Waals surface area contributed by atoms with Crippen molar-refractivity contribution < 1.29 is 13.9 Å². The van der Waals surface area contributed by atoms with Crippen molar-refractivity contribution in [3.63, 3.8) is 0 Å². The predicted octanol–water partition coefficient (Wildman–Crippen LogP) is 6.37. The number of nitrogens with one attached hydrogen (secondary N) is 1. The summed E-state index contributed by atoms with van der Waals surface area (Å²) in [4.78, 5) is 26.3.